The molecule has 15 nitrogen and oxygen atoms in total. The Kier molecular flexibility index (Phi) is 18.1. The molecule has 2 atom stereocenters. The summed E-state index contributed by atoms with van der Waals surface area (Å²) in [6.07, 6.45) is 2.14. The first-order valence-corrected chi connectivity index (χ1v) is 16.7. The Hall–Kier alpha value is -3.75. The molecule has 0 unspecified atom stereocenters. The van der Waals surface area contributed by atoms with Crippen LogP contribution in [0.4, 0.5) is 0 Å². The number of rotatable bonds is 23. The Morgan fingerprint density at radius 2 is 1.35 bits per heavy atom. The van der Waals surface area contributed by atoms with Crippen LogP contribution in [0.1, 0.15) is 105 Å². The van der Waals surface area contributed by atoms with E-state index in [-0.39, 0.29) is 68.9 Å². The van der Waals surface area contributed by atoms with Crippen LogP contribution >= 0.6 is 0 Å². The van der Waals surface area contributed by atoms with Crippen molar-refractivity contribution >= 4 is 41.5 Å². The lowest BCUT2D eigenvalue weighted by Gasteiger charge is -2.34. The predicted molar refractivity (Wildman–Crippen MR) is 175 cm³/mol. The molecular formula is C33H56N4O11. The van der Waals surface area contributed by atoms with Crippen LogP contribution in [0, 0.1) is 22.7 Å². The number of amides is 4. The van der Waals surface area contributed by atoms with Crippen molar-refractivity contribution in [3.05, 3.63) is 0 Å². The summed E-state index contributed by atoms with van der Waals surface area (Å²) in [5.74, 6) is -5.35. The van der Waals surface area contributed by atoms with Gasteiger partial charge in [-0.05, 0) is 68.6 Å². The van der Waals surface area contributed by atoms with Crippen LogP contribution in [0.3, 0.4) is 0 Å². The topological polar surface area (TPSA) is 238 Å². The third-order valence-corrected chi connectivity index (χ3v) is 8.35. The van der Waals surface area contributed by atoms with E-state index in [1.165, 1.54) is 0 Å². The fourth-order valence-corrected chi connectivity index (χ4v) is 6.35. The van der Waals surface area contributed by atoms with Gasteiger partial charge in [-0.25, -0.2) is 4.79 Å². The van der Waals surface area contributed by atoms with Gasteiger partial charge in [-0.15, -0.1) is 0 Å². The molecule has 0 aliphatic heterocycles. The van der Waals surface area contributed by atoms with Crippen molar-refractivity contribution in [2.24, 2.45) is 22.7 Å². The predicted octanol–water partition coefficient (Wildman–Crippen LogP) is 2.07. The number of aliphatic carboxylic acids is 3. The summed E-state index contributed by atoms with van der Waals surface area (Å²) in [5.41, 5.74) is -0.838. The van der Waals surface area contributed by atoms with Crippen molar-refractivity contribution < 1.29 is 53.6 Å². The largest absolute Gasteiger partial charge is 0.481 e. The van der Waals surface area contributed by atoms with Crippen molar-refractivity contribution in [2.45, 2.75) is 117 Å². The highest BCUT2D eigenvalue weighted by Crippen LogP contribution is 2.38. The van der Waals surface area contributed by atoms with E-state index in [4.69, 9.17) is 14.9 Å². The molecule has 1 saturated carbocycles. The number of carbonyl (C=O) groups excluding carboxylic acids is 4. The summed E-state index contributed by atoms with van der Waals surface area (Å²) < 4.78 is 5.15. The quantitative estimate of drug-likeness (QED) is 0.0769. The first kappa shape index (κ1) is 42.3. The molecule has 4 amide bonds. The van der Waals surface area contributed by atoms with Crippen molar-refractivity contribution in [1.82, 2.24) is 21.3 Å². The second-order valence-electron chi connectivity index (χ2n) is 14.3. The van der Waals surface area contributed by atoms with Gasteiger partial charge in [-0.1, -0.05) is 27.7 Å². The van der Waals surface area contributed by atoms with E-state index in [1.807, 2.05) is 27.7 Å². The van der Waals surface area contributed by atoms with Crippen molar-refractivity contribution in [1.29, 1.82) is 0 Å². The minimum Gasteiger partial charge on any atom is -0.481 e. The van der Waals surface area contributed by atoms with Crippen LogP contribution in [0.5, 0.6) is 0 Å². The number of carboxylic acid groups (broad SMARTS) is 3. The molecule has 1 aliphatic carbocycles. The van der Waals surface area contributed by atoms with Crippen LogP contribution in [-0.4, -0.2) is 95.2 Å². The lowest BCUT2D eigenvalue weighted by Crippen LogP contribution is -2.48. The molecule has 15 heteroatoms. The number of carboxylic acids is 3. The molecule has 0 aromatic carbocycles. The van der Waals surface area contributed by atoms with Crippen LogP contribution in [0.2, 0.25) is 0 Å². The van der Waals surface area contributed by atoms with Gasteiger partial charge in [0.05, 0.1) is 13.0 Å². The maximum Gasteiger partial charge on any atom is 0.326 e. The number of carbonyl (C=O) groups is 7. The number of hydrogen-bond acceptors (Lipinski definition) is 8. The van der Waals surface area contributed by atoms with Gasteiger partial charge >= 0.3 is 17.9 Å². The van der Waals surface area contributed by atoms with E-state index in [2.05, 4.69) is 21.3 Å². The van der Waals surface area contributed by atoms with Gasteiger partial charge in [0.25, 0.3) is 0 Å². The van der Waals surface area contributed by atoms with Crippen LogP contribution in [0.25, 0.3) is 0 Å². The fourth-order valence-electron chi connectivity index (χ4n) is 6.35. The molecule has 0 bridgehead atoms. The minimum absolute atomic E-state index is 0.0180. The number of hydrogen-bond donors (Lipinski definition) is 7. The van der Waals surface area contributed by atoms with Crippen LogP contribution in [0.15, 0.2) is 0 Å². The average Bonchev–Trinajstić information content (AvgIpc) is 2.96. The molecule has 0 saturated heterocycles. The van der Waals surface area contributed by atoms with Crippen LogP contribution < -0.4 is 21.3 Å². The molecule has 274 valence electrons. The molecule has 0 aromatic rings. The second-order valence-corrected chi connectivity index (χ2v) is 14.3. The molecule has 1 rings (SSSR count). The summed E-state index contributed by atoms with van der Waals surface area (Å²) in [6, 6.07) is -2.46. The third kappa shape index (κ3) is 18.0. The highest BCUT2D eigenvalue weighted by atomic mass is 16.5. The Labute approximate surface area is 282 Å². The maximum absolute atomic E-state index is 12.9. The van der Waals surface area contributed by atoms with Gasteiger partial charge in [0.2, 0.25) is 23.6 Å². The summed E-state index contributed by atoms with van der Waals surface area (Å²) in [6.45, 7) is 10.8. The summed E-state index contributed by atoms with van der Waals surface area (Å²) in [5, 5.41) is 38.4. The standard InChI is InChI=1S/C33H56N4O11/c1-6-48-16-15-34-30(45)23(12-14-27(40)41)36-25(38)13-11-24(31(46)47)37-29(44)22-9-7-21(8-10-22)19-35-26(39)17-32(2,3)20-33(4,5)18-28(42)43/h21-24H,6-20H2,1-5H3,(H,34,45)(H,35,39)(H,36,38)(H,37,44)(H,40,41)(H,42,43)(H,46,47)/t21?,22?,23-,24-/m0/s1. The second kappa shape index (κ2) is 20.6. The van der Waals surface area contributed by atoms with E-state index < -0.39 is 59.0 Å². The Morgan fingerprint density at radius 1 is 0.750 bits per heavy atom. The summed E-state index contributed by atoms with van der Waals surface area (Å²) in [4.78, 5) is 84.7. The van der Waals surface area contributed by atoms with Crippen molar-refractivity contribution in [3.63, 3.8) is 0 Å². The van der Waals surface area contributed by atoms with E-state index in [1.54, 1.807) is 6.92 Å². The normalized spacial score (nSPS) is 17.8. The number of nitrogens with one attached hydrogen (secondary N) is 4. The third-order valence-electron chi connectivity index (χ3n) is 8.35. The molecule has 7 N–H and O–H groups in total. The Bertz CT molecular complexity index is 1120. The SMILES string of the molecule is CCOCCNC(=O)[C@H](CCC(=O)O)NC(=O)CC[C@H](NC(=O)C1CCC(CNC(=O)CC(C)(C)CC(C)(C)CC(=O)O)CC1)C(=O)O. The molecule has 1 aliphatic rings. The molecule has 0 radical (unpaired) electrons. The Morgan fingerprint density at radius 3 is 1.92 bits per heavy atom. The monoisotopic (exact) mass is 684 g/mol. The highest BCUT2D eigenvalue weighted by molar-refractivity contribution is 5.89. The average molecular weight is 685 g/mol. The lowest BCUT2D eigenvalue weighted by atomic mass is 9.71. The molecule has 1 fully saturated rings. The lowest BCUT2D eigenvalue weighted by molar-refractivity contribution is -0.143. The summed E-state index contributed by atoms with van der Waals surface area (Å²) in [7, 11) is 0. The van der Waals surface area contributed by atoms with Gasteiger partial charge in [0.15, 0.2) is 0 Å². The fraction of sp³-hybridized carbons (Fsp3) is 0.788. The highest BCUT2D eigenvalue weighted by Gasteiger charge is 2.33. The molecular weight excluding hydrogens is 628 g/mol. The van der Waals surface area contributed by atoms with E-state index in [9.17, 15) is 38.7 Å². The van der Waals surface area contributed by atoms with Crippen molar-refractivity contribution in [2.75, 3.05) is 26.3 Å². The van der Waals surface area contributed by atoms with Gasteiger partial charge in [-0.3, -0.25) is 28.8 Å². The molecule has 0 spiro atoms. The van der Waals surface area contributed by atoms with E-state index in [0.717, 1.165) is 0 Å². The van der Waals surface area contributed by atoms with Gasteiger partial charge < -0.3 is 41.3 Å². The van der Waals surface area contributed by atoms with Gasteiger partial charge in [-0.2, -0.15) is 0 Å². The molecule has 0 aromatic heterocycles. The maximum atomic E-state index is 12.9. The van der Waals surface area contributed by atoms with E-state index >= 15 is 0 Å². The minimum atomic E-state index is -1.33. The zero-order valence-corrected chi connectivity index (χ0v) is 29.0. The van der Waals surface area contributed by atoms with Crippen molar-refractivity contribution in [3.8, 4) is 0 Å². The number of ether oxygens (including phenoxy) is 1. The first-order valence-electron chi connectivity index (χ1n) is 16.7. The summed E-state index contributed by atoms with van der Waals surface area (Å²) >= 11 is 0. The van der Waals surface area contributed by atoms with Gasteiger partial charge in [0.1, 0.15) is 12.1 Å². The van der Waals surface area contributed by atoms with Crippen LogP contribution in [-0.2, 0) is 38.3 Å². The first-order chi connectivity index (χ1) is 22.3. The molecule has 48 heavy (non-hydrogen) atoms. The molecule has 0 heterocycles. The zero-order valence-electron chi connectivity index (χ0n) is 29.0. The van der Waals surface area contributed by atoms with E-state index in [0.29, 0.717) is 45.3 Å². The Balaban J connectivity index is 2.55. The zero-order chi connectivity index (χ0) is 36.5. The van der Waals surface area contributed by atoms with Gasteiger partial charge in [0, 0.05) is 44.9 Å². The smallest absolute Gasteiger partial charge is 0.326 e.